The molecule has 1 aliphatic heterocycles. The van der Waals surface area contributed by atoms with Crippen LogP contribution in [0.1, 0.15) is 38.3 Å². The van der Waals surface area contributed by atoms with Crippen LogP contribution in [0.3, 0.4) is 0 Å². The van der Waals surface area contributed by atoms with Gasteiger partial charge in [-0.3, -0.25) is 4.79 Å². The summed E-state index contributed by atoms with van der Waals surface area (Å²) in [5, 5.41) is 0. The van der Waals surface area contributed by atoms with Crippen LogP contribution in [-0.4, -0.2) is 39.9 Å². The number of piperidine rings is 1. The van der Waals surface area contributed by atoms with E-state index in [2.05, 4.69) is 16.4 Å². The molecule has 2 aromatic carbocycles. The molecule has 29 heavy (non-hydrogen) atoms. The number of hydrogen-bond acceptors (Lipinski definition) is 3. The van der Waals surface area contributed by atoms with Crippen LogP contribution in [0.5, 0.6) is 0 Å². The molecule has 1 fully saturated rings. The molecule has 1 saturated heterocycles. The van der Waals surface area contributed by atoms with Crippen molar-refractivity contribution in [1.29, 1.82) is 0 Å². The third kappa shape index (κ3) is 4.15. The molecule has 0 spiro atoms. The first kappa shape index (κ1) is 19.5. The topological polar surface area (TPSA) is 38.1 Å². The number of aromatic nitrogens is 2. The summed E-state index contributed by atoms with van der Waals surface area (Å²) in [5.74, 6) is 0.595. The Labute approximate surface area is 170 Å². The van der Waals surface area contributed by atoms with E-state index in [4.69, 9.17) is 4.98 Å². The molecule has 5 heteroatoms. The van der Waals surface area contributed by atoms with Gasteiger partial charge in [-0.2, -0.15) is 0 Å². The van der Waals surface area contributed by atoms with E-state index in [-0.39, 0.29) is 11.6 Å². The average molecular weight is 391 g/mol. The zero-order chi connectivity index (χ0) is 20.4. The molecule has 0 saturated carbocycles. The van der Waals surface area contributed by atoms with E-state index in [0.717, 1.165) is 54.9 Å². The van der Waals surface area contributed by atoms with E-state index in [1.165, 1.54) is 19.1 Å². The number of likely N-dealkylation sites (N-methyl/N-ethyl adjacent to an activating group) is 1. The number of allylic oxidation sites excluding steroid dienone is 1. The van der Waals surface area contributed by atoms with Gasteiger partial charge in [-0.15, -0.1) is 0 Å². The van der Waals surface area contributed by atoms with Gasteiger partial charge in [0.25, 0.3) is 0 Å². The Morgan fingerprint density at radius 3 is 2.93 bits per heavy atom. The molecule has 1 unspecified atom stereocenters. The highest BCUT2D eigenvalue weighted by Crippen LogP contribution is 2.33. The van der Waals surface area contributed by atoms with Gasteiger partial charge >= 0.3 is 0 Å². The van der Waals surface area contributed by atoms with Gasteiger partial charge in [-0.25, -0.2) is 9.37 Å². The molecule has 0 bridgehead atoms. The first-order chi connectivity index (χ1) is 14.0. The molecule has 0 N–H and O–H groups in total. The molecule has 3 aromatic rings. The third-order valence-electron chi connectivity index (χ3n) is 5.60. The van der Waals surface area contributed by atoms with Crippen molar-refractivity contribution < 1.29 is 9.18 Å². The summed E-state index contributed by atoms with van der Waals surface area (Å²) >= 11 is 0. The first-order valence-corrected chi connectivity index (χ1v) is 10.2. The molecule has 2 heterocycles. The van der Waals surface area contributed by atoms with Crippen molar-refractivity contribution in [1.82, 2.24) is 14.5 Å². The standard InChI is InChI=1S/C24H26FN3O/c1-3-27-13-5-8-21(16-27)28-23-12-11-20(25)15-22(23)26-24(28)19-7-4-6-18(14-19)10-9-17(2)29/h4,6-7,9-12,14-15,21H,3,5,8,13,16H2,1-2H3/b10-9+. The van der Waals surface area contributed by atoms with Crippen LogP contribution in [0.15, 0.2) is 48.5 Å². The number of imidazole rings is 1. The van der Waals surface area contributed by atoms with Crippen molar-refractivity contribution in [3.8, 4) is 11.4 Å². The zero-order valence-corrected chi connectivity index (χ0v) is 16.9. The van der Waals surface area contributed by atoms with Crippen molar-refractivity contribution in [3.05, 3.63) is 59.9 Å². The van der Waals surface area contributed by atoms with Crippen molar-refractivity contribution in [3.63, 3.8) is 0 Å². The van der Waals surface area contributed by atoms with Crippen molar-refractivity contribution >= 4 is 22.9 Å². The smallest absolute Gasteiger partial charge is 0.152 e. The number of halogens is 1. The fraction of sp³-hybridized carbons (Fsp3) is 0.333. The number of rotatable bonds is 5. The normalized spacial score (nSPS) is 18.0. The van der Waals surface area contributed by atoms with Gasteiger partial charge in [0.05, 0.1) is 11.0 Å². The minimum absolute atomic E-state index is 0.0139. The van der Waals surface area contributed by atoms with E-state index < -0.39 is 0 Å². The minimum Gasteiger partial charge on any atom is -0.320 e. The molecular formula is C24H26FN3O. The minimum atomic E-state index is -0.273. The van der Waals surface area contributed by atoms with Crippen LogP contribution in [0.2, 0.25) is 0 Å². The second-order valence-corrected chi connectivity index (χ2v) is 7.70. The number of fused-ring (bicyclic) bond motifs is 1. The SMILES string of the molecule is CCN1CCCC(n2c(-c3cccc(/C=C/C(C)=O)c3)nc3cc(F)ccc32)C1. The predicted molar refractivity (Wildman–Crippen MR) is 115 cm³/mol. The molecule has 1 aromatic heterocycles. The van der Waals surface area contributed by atoms with Crippen LogP contribution in [0.25, 0.3) is 28.5 Å². The highest BCUT2D eigenvalue weighted by molar-refractivity contribution is 5.91. The van der Waals surface area contributed by atoms with Gasteiger partial charge in [0.1, 0.15) is 11.6 Å². The van der Waals surface area contributed by atoms with Crippen LogP contribution >= 0.6 is 0 Å². The van der Waals surface area contributed by atoms with Crippen LogP contribution < -0.4 is 0 Å². The summed E-state index contributed by atoms with van der Waals surface area (Å²) in [6.07, 6.45) is 5.60. The lowest BCUT2D eigenvalue weighted by Crippen LogP contribution is -2.36. The Hall–Kier alpha value is -2.79. The lowest BCUT2D eigenvalue weighted by atomic mass is 10.0. The number of hydrogen-bond donors (Lipinski definition) is 0. The van der Waals surface area contributed by atoms with Crippen molar-refractivity contribution in [2.24, 2.45) is 0 Å². The second-order valence-electron chi connectivity index (χ2n) is 7.70. The van der Waals surface area contributed by atoms with E-state index in [1.807, 2.05) is 36.4 Å². The van der Waals surface area contributed by atoms with Crippen LogP contribution in [-0.2, 0) is 4.79 Å². The monoisotopic (exact) mass is 391 g/mol. The lowest BCUT2D eigenvalue weighted by molar-refractivity contribution is -0.112. The maximum atomic E-state index is 13.9. The van der Waals surface area contributed by atoms with Crippen molar-refractivity contribution in [2.45, 2.75) is 32.7 Å². The molecular weight excluding hydrogens is 365 g/mol. The van der Waals surface area contributed by atoms with E-state index in [0.29, 0.717) is 11.6 Å². The summed E-state index contributed by atoms with van der Waals surface area (Å²) in [6, 6.07) is 13.2. The molecule has 4 nitrogen and oxygen atoms in total. The number of likely N-dealkylation sites (tertiary alicyclic amines) is 1. The van der Waals surface area contributed by atoms with E-state index >= 15 is 0 Å². The molecule has 0 amide bonds. The molecule has 0 aliphatic carbocycles. The average Bonchev–Trinajstić information content (AvgIpc) is 3.11. The van der Waals surface area contributed by atoms with Crippen molar-refractivity contribution in [2.75, 3.05) is 19.6 Å². The van der Waals surface area contributed by atoms with Gasteiger partial charge < -0.3 is 9.47 Å². The number of ketones is 1. The largest absolute Gasteiger partial charge is 0.320 e. The van der Waals surface area contributed by atoms with E-state index in [1.54, 1.807) is 6.08 Å². The zero-order valence-electron chi connectivity index (χ0n) is 16.9. The second kappa shape index (κ2) is 8.29. The van der Waals surface area contributed by atoms with Gasteiger partial charge in [0.15, 0.2) is 5.78 Å². The van der Waals surface area contributed by atoms with Gasteiger partial charge in [-0.05, 0) is 62.7 Å². The number of carbonyl (C=O) groups is 1. The fourth-order valence-electron chi connectivity index (χ4n) is 4.17. The number of benzene rings is 2. The highest BCUT2D eigenvalue weighted by Gasteiger charge is 2.25. The summed E-state index contributed by atoms with van der Waals surface area (Å²) in [5.41, 5.74) is 3.56. The van der Waals surface area contributed by atoms with Crippen LogP contribution in [0.4, 0.5) is 4.39 Å². The first-order valence-electron chi connectivity index (χ1n) is 10.2. The number of nitrogens with zero attached hydrogens (tertiary/aromatic N) is 3. The summed E-state index contributed by atoms with van der Waals surface area (Å²) in [6.45, 7) is 6.84. The Morgan fingerprint density at radius 2 is 2.14 bits per heavy atom. The Bertz CT molecular complexity index is 1070. The third-order valence-corrected chi connectivity index (χ3v) is 5.60. The maximum absolute atomic E-state index is 13.9. The number of carbonyl (C=O) groups excluding carboxylic acids is 1. The lowest BCUT2D eigenvalue weighted by Gasteiger charge is -2.33. The summed E-state index contributed by atoms with van der Waals surface area (Å²) < 4.78 is 16.2. The fourth-order valence-corrected chi connectivity index (χ4v) is 4.17. The van der Waals surface area contributed by atoms with Crippen LogP contribution in [0, 0.1) is 5.82 Å². The maximum Gasteiger partial charge on any atom is 0.152 e. The summed E-state index contributed by atoms with van der Waals surface area (Å²) in [7, 11) is 0. The quantitative estimate of drug-likeness (QED) is 0.568. The predicted octanol–water partition coefficient (Wildman–Crippen LogP) is 5.10. The summed E-state index contributed by atoms with van der Waals surface area (Å²) in [4.78, 5) is 18.6. The molecule has 1 aliphatic rings. The van der Waals surface area contributed by atoms with E-state index in [9.17, 15) is 9.18 Å². The van der Waals surface area contributed by atoms with Gasteiger partial charge in [-0.1, -0.05) is 31.2 Å². The molecule has 0 radical (unpaired) electrons. The van der Waals surface area contributed by atoms with Gasteiger partial charge in [0.2, 0.25) is 0 Å². The highest BCUT2D eigenvalue weighted by atomic mass is 19.1. The molecule has 1 atom stereocenters. The van der Waals surface area contributed by atoms with Gasteiger partial charge in [0, 0.05) is 24.2 Å². The molecule has 4 rings (SSSR count). The Kier molecular flexibility index (Phi) is 5.58. The Balaban J connectivity index is 1.84. The molecule has 150 valence electrons. The Morgan fingerprint density at radius 1 is 1.28 bits per heavy atom.